The van der Waals surface area contributed by atoms with E-state index in [2.05, 4.69) is 11.8 Å². The fourth-order valence-electron chi connectivity index (χ4n) is 3.07. The Labute approximate surface area is 127 Å². The molecule has 0 bridgehead atoms. The molecule has 21 heavy (non-hydrogen) atoms. The minimum Gasteiger partial charge on any atom is -0.378 e. The van der Waals surface area contributed by atoms with Crippen LogP contribution < -0.4 is 5.73 Å². The number of nitrogens with two attached hydrogens (primary N) is 1. The molecular formula is C17H27FN2O. The Morgan fingerprint density at radius 2 is 2.00 bits per heavy atom. The van der Waals surface area contributed by atoms with E-state index in [0.29, 0.717) is 11.7 Å². The molecule has 0 saturated carbocycles. The molecule has 0 radical (unpaired) electrons. The van der Waals surface area contributed by atoms with Crippen LogP contribution in [0.15, 0.2) is 24.3 Å². The monoisotopic (exact) mass is 294 g/mol. The van der Waals surface area contributed by atoms with Crippen molar-refractivity contribution < 1.29 is 9.13 Å². The first kappa shape index (κ1) is 16.4. The minimum absolute atomic E-state index is 0.202. The second-order valence-electron chi connectivity index (χ2n) is 5.98. The molecule has 2 atom stereocenters. The standard InChI is InChI=1S/C17H27FN2O/c1-3-21-14-8-10-20(11-9-14)12-13(2)17(19)15-6-4-5-7-16(15)18/h4-7,13-14,17H,3,8-12,19H2,1-2H3. The first-order valence-corrected chi connectivity index (χ1v) is 7.95. The van der Waals surface area contributed by atoms with Gasteiger partial charge < -0.3 is 15.4 Å². The molecule has 1 heterocycles. The third-order valence-electron chi connectivity index (χ3n) is 4.36. The fourth-order valence-corrected chi connectivity index (χ4v) is 3.07. The van der Waals surface area contributed by atoms with Crippen LogP contribution in [0, 0.1) is 11.7 Å². The summed E-state index contributed by atoms with van der Waals surface area (Å²) in [7, 11) is 0. The predicted octanol–water partition coefficient (Wildman–Crippen LogP) is 2.96. The highest BCUT2D eigenvalue weighted by molar-refractivity contribution is 5.21. The molecule has 4 heteroatoms. The summed E-state index contributed by atoms with van der Waals surface area (Å²) in [6.45, 7) is 7.93. The quantitative estimate of drug-likeness (QED) is 0.876. The Morgan fingerprint density at radius 1 is 1.33 bits per heavy atom. The van der Waals surface area contributed by atoms with Crippen LogP contribution in [0.3, 0.4) is 0 Å². The Kier molecular flexibility index (Phi) is 6.15. The number of hydrogen-bond acceptors (Lipinski definition) is 3. The van der Waals surface area contributed by atoms with Gasteiger partial charge in [0.15, 0.2) is 0 Å². The van der Waals surface area contributed by atoms with E-state index in [4.69, 9.17) is 10.5 Å². The summed E-state index contributed by atoms with van der Waals surface area (Å²) in [5.74, 6) is 0.0254. The number of likely N-dealkylation sites (tertiary alicyclic amines) is 1. The van der Waals surface area contributed by atoms with Gasteiger partial charge in [0.05, 0.1) is 6.10 Å². The van der Waals surface area contributed by atoms with Crippen molar-refractivity contribution in [2.45, 2.75) is 38.8 Å². The van der Waals surface area contributed by atoms with Gasteiger partial charge in [-0.3, -0.25) is 0 Å². The number of benzene rings is 1. The van der Waals surface area contributed by atoms with Gasteiger partial charge in [0.25, 0.3) is 0 Å². The Hall–Kier alpha value is -0.970. The lowest BCUT2D eigenvalue weighted by Gasteiger charge is -2.34. The van der Waals surface area contributed by atoms with E-state index in [1.165, 1.54) is 6.07 Å². The molecule has 2 N–H and O–H groups in total. The second-order valence-corrected chi connectivity index (χ2v) is 5.98. The van der Waals surface area contributed by atoms with Crippen molar-refractivity contribution in [3.63, 3.8) is 0 Å². The van der Waals surface area contributed by atoms with Crippen molar-refractivity contribution in [2.24, 2.45) is 11.7 Å². The summed E-state index contributed by atoms with van der Waals surface area (Å²) in [5, 5.41) is 0. The first-order chi connectivity index (χ1) is 10.1. The maximum Gasteiger partial charge on any atom is 0.127 e. The van der Waals surface area contributed by atoms with E-state index in [1.807, 2.05) is 13.0 Å². The molecule has 0 amide bonds. The lowest BCUT2D eigenvalue weighted by atomic mass is 9.93. The maximum atomic E-state index is 13.8. The molecule has 118 valence electrons. The highest BCUT2D eigenvalue weighted by Gasteiger charge is 2.24. The third-order valence-corrected chi connectivity index (χ3v) is 4.36. The van der Waals surface area contributed by atoms with Gasteiger partial charge in [0.1, 0.15) is 5.82 Å². The first-order valence-electron chi connectivity index (χ1n) is 7.95. The molecule has 2 rings (SSSR count). The van der Waals surface area contributed by atoms with Crippen LogP contribution in [0.5, 0.6) is 0 Å². The lowest BCUT2D eigenvalue weighted by Crippen LogP contribution is -2.41. The zero-order chi connectivity index (χ0) is 15.2. The molecular weight excluding hydrogens is 267 g/mol. The predicted molar refractivity (Wildman–Crippen MR) is 83.6 cm³/mol. The highest BCUT2D eigenvalue weighted by Crippen LogP contribution is 2.24. The molecule has 1 aromatic rings. The van der Waals surface area contributed by atoms with E-state index >= 15 is 0 Å². The van der Waals surface area contributed by atoms with Crippen molar-refractivity contribution in [2.75, 3.05) is 26.2 Å². The van der Waals surface area contributed by atoms with Crippen molar-refractivity contribution in [3.05, 3.63) is 35.6 Å². The van der Waals surface area contributed by atoms with Gasteiger partial charge in [-0.05, 0) is 31.7 Å². The maximum absolute atomic E-state index is 13.8. The normalized spacial score (nSPS) is 20.4. The van der Waals surface area contributed by atoms with Crippen molar-refractivity contribution in [1.29, 1.82) is 0 Å². The largest absolute Gasteiger partial charge is 0.378 e. The van der Waals surface area contributed by atoms with E-state index in [-0.39, 0.29) is 17.8 Å². The van der Waals surface area contributed by atoms with Crippen LogP contribution in [-0.2, 0) is 4.74 Å². The lowest BCUT2D eigenvalue weighted by molar-refractivity contribution is 0.0108. The van der Waals surface area contributed by atoms with Gasteiger partial charge in [0, 0.05) is 37.8 Å². The Balaban J connectivity index is 1.85. The van der Waals surface area contributed by atoms with Gasteiger partial charge in [-0.1, -0.05) is 25.1 Å². The average molecular weight is 294 g/mol. The summed E-state index contributed by atoms with van der Waals surface area (Å²) < 4.78 is 19.5. The molecule has 1 fully saturated rings. The summed E-state index contributed by atoms with van der Waals surface area (Å²) in [5.41, 5.74) is 6.86. The van der Waals surface area contributed by atoms with E-state index in [9.17, 15) is 4.39 Å². The number of ether oxygens (including phenoxy) is 1. The molecule has 1 saturated heterocycles. The van der Waals surface area contributed by atoms with Crippen LogP contribution in [0.4, 0.5) is 4.39 Å². The summed E-state index contributed by atoms with van der Waals surface area (Å²) in [4.78, 5) is 2.42. The van der Waals surface area contributed by atoms with E-state index < -0.39 is 0 Å². The Morgan fingerprint density at radius 3 is 2.62 bits per heavy atom. The topological polar surface area (TPSA) is 38.5 Å². The van der Waals surface area contributed by atoms with Crippen LogP contribution >= 0.6 is 0 Å². The van der Waals surface area contributed by atoms with Crippen molar-refractivity contribution >= 4 is 0 Å². The van der Waals surface area contributed by atoms with Crippen LogP contribution in [0.2, 0.25) is 0 Å². The van der Waals surface area contributed by atoms with Gasteiger partial charge in [-0.15, -0.1) is 0 Å². The number of hydrogen-bond donors (Lipinski definition) is 1. The van der Waals surface area contributed by atoms with Gasteiger partial charge in [0.2, 0.25) is 0 Å². The zero-order valence-corrected chi connectivity index (χ0v) is 13.1. The van der Waals surface area contributed by atoms with Crippen LogP contribution in [-0.4, -0.2) is 37.2 Å². The van der Waals surface area contributed by atoms with Crippen molar-refractivity contribution in [1.82, 2.24) is 4.90 Å². The minimum atomic E-state index is -0.254. The molecule has 1 aliphatic heterocycles. The summed E-state index contributed by atoms with van der Waals surface area (Å²) in [6.07, 6.45) is 2.56. The average Bonchev–Trinajstić information content (AvgIpc) is 2.49. The van der Waals surface area contributed by atoms with Gasteiger partial charge in [-0.25, -0.2) is 4.39 Å². The van der Waals surface area contributed by atoms with Gasteiger partial charge >= 0.3 is 0 Å². The highest BCUT2D eigenvalue weighted by atomic mass is 19.1. The molecule has 3 nitrogen and oxygen atoms in total. The van der Waals surface area contributed by atoms with Crippen LogP contribution in [0.25, 0.3) is 0 Å². The molecule has 0 aliphatic carbocycles. The third kappa shape index (κ3) is 4.50. The Bertz CT molecular complexity index is 433. The second kappa shape index (κ2) is 7.87. The number of piperidine rings is 1. The molecule has 2 unspecified atom stereocenters. The number of rotatable bonds is 6. The summed E-state index contributed by atoms with van der Waals surface area (Å²) >= 11 is 0. The molecule has 0 aromatic heterocycles. The van der Waals surface area contributed by atoms with Crippen LogP contribution in [0.1, 0.15) is 38.3 Å². The SMILES string of the molecule is CCOC1CCN(CC(C)C(N)c2ccccc2F)CC1. The van der Waals surface area contributed by atoms with Crippen molar-refractivity contribution in [3.8, 4) is 0 Å². The van der Waals surface area contributed by atoms with Gasteiger partial charge in [-0.2, -0.15) is 0 Å². The fraction of sp³-hybridized carbons (Fsp3) is 0.647. The van der Waals surface area contributed by atoms with E-state index in [0.717, 1.165) is 39.1 Å². The zero-order valence-electron chi connectivity index (χ0n) is 13.1. The molecule has 1 aromatic carbocycles. The smallest absolute Gasteiger partial charge is 0.127 e. The molecule has 0 spiro atoms. The number of halogens is 1. The summed E-state index contributed by atoms with van der Waals surface area (Å²) in [6, 6.07) is 6.57. The van der Waals surface area contributed by atoms with E-state index in [1.54, 1.807) is 12.1 Å². The molecule has 1 aliphatic rings. The number of nitrogens with zero attached hydrogens (tertiary/aromatic N) is 1.